The minimum absolute atomic E-state index is 0.0974. The van der Waals surface area contributed by atoms with Gasteiger partial charge < -0.3 is 9.72 Å². The van der Waals surface area contributed by atoms with E-state index in [2.05, 4.69) is 17.2 Å². The van der Waals surface area contributed by atoms with E-state index in [1.807, 2.05) is 29.7 Å². The second-order valence-electron chi connectivity index (χ2n) is 4.21. The van der Waals surface area contributed by atoms with E-state index in [4.69, 9.17) is 0 Å². The van der Waals surface area contributed by atoms with E-state index < -0.39 is 0 Å². The number of carbonyl (C=O) groups excluding carboxylic acids is 1. The van der Waals surface area contributed by atoms with Gasteiger partial charge in [0, 0.05) is 18.9 Å². The highest BCUT2D eigenvalue weighted by molar-refractivity contribution is 5.92. The zero-order valence-corrected chi connectivity index (χ0v) is 10.2. The number of aromatic nitrogens is 2. The molecule has 17 heavy (non-hydrogen) atoms. The number of hydrogen-bond acceptors (Lipinski definition) is 2. The van der Waals surface area contributed by atoms with Gasteiger partial charge in [0.1, 0.15) is 11.3 Å². The molecular weight excluding hydrogens is 214 g/mol. The van der Waals surface area contributed by atoms with Crippen molar-refractivity contribution in [2.45, 2.75) is 26.7 Å². The maximum atomic E-state index is 11.8. The molecule has 0 aliphatic rings. The van der Waals surface area contributed by atoms with Crippen molar-refractivity contribution in [3.63, 3.8) is 0 Å². The van der Waals surface area contributed by atoms with Gasteiger partial charge >= 0.3 is 0 Å². The molecule has 0 spiro atoms. The number of rotatable bonds is 4. The van der Waals surface area contributed by atoms with Crippen molar-refractivity contribution in [2.24, 2.45) is 0 Å². The highest BCUT2D eigenvalue weighted by Gasteiger charge is 2.09. The standard InChI is InChI=1S/C13H17N3O/c1-3-4-6-14-13(17)11-9-16-7-5-10(2)8-12(16)15-11/h5,7-9H,3-4,6H2,1-2H3,(H,14,17). The lowest BCUT2D eigenvalue weighted by atomic mass is 10.3. The van der Waals surface area contributed by atoms with Gasteiger partial charge in [-0.2, -0.15) is 0 Å². The monoisotopic (exact) mass is 231 g/mol. The third-order valence-corrected chi connectivity index (χ3v) is 2.66. The summed E-state index contributed by atoms with van der Waals surface area (Å²) in [4.78, 5) is 16.1. The molecule has 2 aromatic rings. The number of nitrogens with zero attached hydrogens (tertiary/aromatic N) is 2. The number of unbranched alkanes of at least 4 members (excludes halogenated alkanes) is 1. The third kappa shape index (κ3) is 2.64. The van der Waals surface area contributed by atoms with Gasteiger partial charge in [-0.25, -0.2) is 4.98 Å². The van der Waals surface area contributed by atoms with Crippen molar-refractivity contribution >= 4 is 11.6 Å². The van der Waals surface area contributed by atoms with Crippen molar-refractivity contribution in [3.05, 3.63) is 35.8 Å². The zero-order chi connectivity index (χ0) is 12.3. The van der Waals surface area contributed by atoms with Gasteiger partial charge in [0.15, 0.2) is 0 Å². The Morgan fingerprint density at radius 2 is 2.35 bits per heavy atom. The minimum Gasteiger partial charge on any atom is -0.351 e. The Balaban J connectivity index is 2.15. The predicted octanol–water partition coefficient (Wildman–Crippen LogP) is 2.17. The summed E-state index contributed by atoms with van der Waals surface area (Å²) in [5.74, 6) is -0.0974. The van der Waals surface area contributed by atoms with E-state index in [0.29, 0.717) is 12.2 Å². The van der Waals surface area contributed by atoms with Gasteiger partial charge in [0.2, 0.25) is 0 Å². The normalized spacial score (nSPS) is 10.7. The second kappa shape index (κ2) is 4.99. The Kier molecular flexibility index (Phi) is 3.42. The zero-order valence-electron chi connectivity index (χ0n) is 10.2. The van der Waals surface area contributed by atoms with E-state index in [9.17, 15) is 4.79 Å². The van der Waals surface area contributed by atoms with Crippen LogP contribution in [-0.4, -0.2) is 21.8 Å². The molecule has 4 nitrogen and oxygen atoms in total. The van der Waals surface area contributed by atoms with Crippen LogP contribution in [0.1, 0.15) is 35.8 Å². The summed E-state index contributed by atoms with van der Waals surface area (Å²) < 4.78 is 1.86. The topological polar surface area (TPSA) is 46.4 Å². The number of amides is 1. The minimum atomic E-state index is -0.0974. The Labute approximate surface area is 101 Å². The molecule has 0 unspecified atom stereocenters. The number of pyridine rings is 1. The molecule has 0 saturated heterocycles. The summed E-state index contributed by atoms with van der Waals surface area (Å²) in [7, 11) is 0. The highest BCUT2D eigenvalue weighted by atomic mass is 16.1. The summed E-state index contributed by atoms with van der Waals surface area (Å²) in [6.07, 6.45) is 5.75. The van der Waals surface area contributed by atoms with E-state index in [1.165, 1.54) is 0 Å². The molecule has 2 heterocycles. The van der Waals surface area contributed by atoms with Crippen molar-refractivity contribution < 1.29 is 4.79 Å². The highest BCUT2D eigenvalue weighted by Crippen LogP contribution is 2.07. The molecule has 2 rings (SSSR count). The van der Waals surface area contributed by atoms with Gasteiger partial charge in [-0.1, -0.05) is 13.3 Å². The van der Waals surface area contributed by atoms with E-state index >= 15 is 0 Å². The molecule has 2 aromatic heterocycles. The molecule has 0 fully saturated rings. The van der Waals surface area contributed by atoms with Crippen molar-refractivity contribution in [2.75, 3.05) is 6.54 Å². The Bertz CT molecular complexity index is 530. The van der Waals surface area contributed by atoms with Crippen LogP contribution >= 0.6 is 0 Å². The maximum absolute atomic E-state index is 11.8. The van der Waals surface area contributed by atoms with Crippen molar-refractivity contribution in [1.82, 2.24) is 14.7 Å². The van der Waals surface area contributed by atoms with E-state index in [-0.39, 0.29) is 5.91 Å². The van der Waals surface area contributed by atoms with Gasteiger partial charge in [0.25, 0.3) is 5.91 Å². The molecule has 0 saturated carbocycles. The van der Waals surface area contributed by atoms with Crippen molar-refractivity contribution in [3.8, 4) is 0 Å². The lowest BCUT2D eigenvalue weighted by Gasteiger charge is -1.99. The van der Waals surface area contributed by atoms with Gasteiger partial charge in [-0.05, 0) is 31.0 Å². The Morgan fingerprint density at radius 1 is 1.53 bits per heavy atom. The van der Waals surface area contributed by atoms with Crippen LogP contribution in [0.2, 0.25) is 0 Å². The first kappa shape index (κ1) is 11.6. The molecule has 0 aliphatic heterocycles. The maximum Gasteiger partial charge on any atom is 0.271 e. The number of aryl methyl sites for hydroxylation is 1. The molecule has 1 N–H and O–H groups in total. The number of imidazole rings is 1. The fraction of sp³-hybridized carbons (Fsp3) is 0.385. The molecule has 0 aromatic carbocycles. The number of hydrogen-bond donors (Lipinski definition) is 1. The molecule has 0 bridgehead atoms. The second-order valence-corrected chi connectivity index (χ2v) is 4.21. The first-order valence-corrected chi connectivity index (χ1v) is 5.94. The fourth-order valence-corrected chi connectivity index (χ4v) is 1.66. The van der Waals surface area contributed by atoms with Gasteiger partial charge in [0.05, 0.1) is 0 Å². The number of fused-ring (bicyclic) bond motifs is 1. The van der Waals surface area contributed by atoms with Crippen LogP contribution in [0.15, 0.2) is 24.5 Å². The molecule has 0 aliphatic carbocycles. The SMILES string of the molecule is CCCCNC(=O)c1cn2ccc(C)cc2n1. The van der Waals surface area contributed by atoms with Crippen LogP contribution in [0.3, 0.4) is 0 Å². The van der Waals surface area contributed by atoms with Crippen LogP contribution in [0.25, 0.3) is 5.65 Å². The molecule has 0 radical (unpaired) electrons. The molecule has 4 heteroatoms. The van der Waals surface area contributed by atoms with Crippen LogP contribution in [0, 0.1) is 6.92 Å². The summed E-state index contributed by atoms with van der Waals surface area (Å²) in [5.41, 5.74) is 2.43. The van der Waals surface area contributed by atoms with Crippen LogP contribution < -0.4 is 5.32 Å². The average molecular weight is 231 g/mol. The summed E-state index contributed by atoms with van der Waals surface area (Å²) in [5, 5.41) is 2.86. The first-order chi connectivity index (χ1) is 8.20. The average Bonchev–Trinajstić information content (AvgIpc) is 2.72. The third-order valence-electron chi connectivity index (χ3n) is 2.66. The largest absolute Gasteiger partial charge is 0.351 e. The van der Waals surface area contributed by atoms with E-state index in [1.54, 1.807) is 6.20 Å². The smallest absolute Gasteiger partial charge is 0.271 e. The van der Waals surface area contributed by atoms with Gasteiger partial charge in [-0.3, -0.25) is 4.79 Å². The fourth-order valence-electron chi connectivity index (χ4n) is 1.66. The Hall–Kier alpha value is -1.84. The molecule has 0 atom stereocenters. The summed E-state index contributed by atoms with van der Waals surface area (Å²) in [6.45, 7) is 4.82. The lowest BCUT2D eigenvalue weighted by molar-refractivity contribution is 0.0949. The lowest BCUT2D eigenvalue weighted by Crippen LogP contribution is -2.24. The predicted molar refractivity (Wildman–Crippen MR) is 67.2 cm³/mol. The Morgan fingerprint density at radius 3 is 3.12 bits per heavy atom. The van der Waals surface area contributed by atoms with Gasteiger partial charge in [-0.15, -0.1) is 0 Å². The first-order valence-electron chi connectivity index (χ1n) is 5.94. The molecular formula is C13H17N3O. The number of carbonyl (C=O) groups is 1. The summed E-state index contributed by atoms with van der Waals surface area (Å²) >= 11 is 0. The van der Waals surface area contributed by atoms with Crippen LogP contribution in [0.4, 0.5) is 0 Å². The van der Waals surface area contributed by atoms with Crippen molar-refractivity contribution in [1.29, 1.82) is 0 Å². The van der Waals surface area contributed by atoms with Crippen LogP contribution in [-0.2, 0) is 0 Å². The van der Waals surface area contributed by atoms with E-state index in [0.717, 1.165) is 24.1 Å². The molecule has 90 valence electrons. The number of nitrogens with one attached hydrogen (secondary N) is 1. The van der Waals surface area contributed by atoms with Crippen LogP contribution in [0.5, 0.6) is 0 Å². The summed E-state index contributed by atoms with van der Waals surface area (Å²) in [6, 6.07) is 3.95. The quantitative estimate of drug-likeness (QED) is 0.820. The molecule has 1 amide bonds.